The van der Waals surface area contributed by atoms with Gasteiger partial charge in [-0.15, -0.1) is 0 Å². The van der Waals surface area contributed by atoms with E-state index in [-0.39, 0.29) is 18.6 Å². The second-order valence-electron chi connectivity index (χ2n) is 7.55. The van der Waals surface area contributed by atoms with E-state index in [1.54, 1.807) is 25.1 Å². The summed E-state index contributed by atoms with van der Waals surface area (Å²) in [4.78, 5) is 39.2. The van der Waals surface area contributed by atoms with Gasteiger partial charge in [-0.3, -0.25) is 14.4 Å². The maximum Gasteiger partial charge on any atom is 0.316 e. The van der Waals surface area contributed by atoms with Gasteiger partial charge in [0.05, 0.1) is 17.6 Å². The number of aromatic amines is 1. The molecule has 2 N–H and O–H groups in total. The van der Waals surface area contributed by atoms with Crippen molar-refractivity contribution >= 4 is 16.9 Å². The summed E-state index contributed by atoms with van der Waals surface area (Å²) in [6, 6.07) is 8.78. The molecule has 8 heteroatoms. The molecule has 1 atom stereocenters. The predicted molar refractivity (Wildman–Crippen MR) is 117 cm³/mol. The average Bonchev–Trinajstić information content (AvgIpc) is 3.11. The predicted octanol–water partition coefficient (Wildman–Crippen LogP) is 2.36. The van der Waals surface area contributed by atoms with Crippen LogP contribution < -0.4 is 25.9 Å². The number of rotatable bonds is 6. The number of fused-ring (bicyclic) bond motifs is 2. The van der Waals surface area contributed by atoms with Crippen molar-refractivity contribution in [1.82, 2.24) is 14.9 Å². The molecule has 0 spiro atoms. The lowest BCUT2D eigenvalue weighted by molar-refractivity contribution is 0.0950. The highest BCUT2D eigenvalue weighted by Crippen LogP contribution is 2.35. The van der Waals surface area contributed by atoms with Gasteiger partial charge >= 0.3 is 11.1 Å². The number of amides is 1. The van der Waals surface area contributed by atoms with Crippen molar-refractivity contribution in [3.63, 3.8) is 0 Å². The zero-order valence-electron chi connectivity index (χ0n) is 17.8. The number of carbonyl (C=O) groups is 1. The molecule has 0 bridgehead atoms. The Morgan fingerprint density at radius 1 is 1.26 bits per heavy atom. The average molecular weight is 423 g/mol. The molecule has 1 aliphatic heterocycles. The van der Waals surface area contributed by atoms with Gasteiger partial charge in [-0.25, -0.2) is 0 Å². The summed E-state index contributed by atoms with van der Waals surface area (Å²) in [6.07, 6.45) is 0.953. The van der Waals surface area contributed by atoms with Crippen LogP contribution in [0.3, 0.4) is 0 Å². The van der Waals surface area contributed by atoms with Crippen LogP contribution in [0, 0.1) is 0 Å². The molecule has 1 aliphatic rings. The quantitative estimate of drug-likeness (QED) is 0.593. The summed E-state index contributed by atoms with van der Waals surface area (Å²) in [6.45, 7) is 6.88. The normalized spacial score (nSPS) is 14.9. The molecule has 0 saturated carbocycles. The topological polar surface area (TPSA) is 102 Å². The van der Waals surface area contributed by atoms with Crippen LogP contribution in [-0.2, 0) is 19.5 Å². The number of benzene rings is 2. The monoisotopic (exact) mass is 423 g/mol. The first-order chi connectivity index (χ1) is 14.9. The largest absolute Gasteiger partial charge is 0.494 e. The van der Waals surface area contributed by atoms with E-state index in [9.17, 15) is 14.4 Å². The second kappa shape index (κ2) is 8.29. The number of nitrogens with zero attached hydrogens (tertiary/aromatic N) is 1. The van der Waals surface area contributed by atoms with E-state index in [1.807, 2.05) is 26.0 Å². The van der Waals surface area contributed by atoms with Crippen LogP contribution in [0.1, 0.15) is 42.3 Å². The van der Waals surface area contributed by atoms with Crippen molar-refractivity contribution in [2.75, 3.05) is 6.61 Å². The van der Waals surface area contributed by atoms with Crippen molar-refractivity contribution in [3.05, 3.63) is 67.7 Å². The molecule has 0 fully saturated rings. The SMILES string of the molecule is CCOc1cc2c(cc1CNC(=O)c1ccc3c(c1)[nH]c(=O)c(=O)n3CC)O[C@@H](C)C2. The Morgan fingerprint density at radius 3 is 2.81 bits per heavy atom. The second-order valence-corrected chi connectivity index (χ2v) is 7.55. The number of carbonyl (C=O) groups excluding carboxylic acids is 1. The molecule has 162 valence electrons. The molecule has 31 heavy (non-hydrogen) atoms. The van der Waals surface area contributed by atoms with Crippen molar-refractivity contribution in [3.8, 4) is 11.5 Å². The summed E-state index contributed by atoms with van der Waals surface area (Å²) < 4.78 is 13.0. The Balaban J connectivity index is 1.59. The fourth-order valence-corrected chi connectivity index (χ4v) is 3.92. The van der Waals surface area contributed by atoms with Crippen LogP contribution in [0.4, 0.5) is 0 Å². The molecule has 8 nitrogen and oxygen atoms in total. The number of hydrogen-bond acceptors (Lipinski definition) is 5. The summed E-state index contributed by atoms with van der Waals surface area (Å²) in [7, 11) is 0. The van der Waals surface area contributed by atoms with E-state index in [0.717, 1.165) is 29.0 Å². The highest BCUT2D eigenvalue weighted by molar-refractivity contribution is 5.97. The van der Waals surface area contributed by atoms with Gasteiger partial charge in [0.1, 0.15) is 17.6 Å². The maximum atomic E-state index is 12.8. The first kappa shape index (κ1) is 20.7. The molecule has 0 saturated heterocycles. The first-order valence-electron chi connectivity index (χ1n) is 10.4. The van der Waals surface area contributed by atoms with Gasteiger partial charge in [0, 0.05) is 36.2 Å². The van der Waals surface area contributed by atoms with Gasteiger partial charge in [-0.2, -0.15) is 0 Å². The molecule has 0 unspecified atom stereocenters. The third kappa shape index (κ3) is 3.93. The molecule has 0 aliphatic carbocycles. The van der Waals surface area contributed by atoms with E-state index in [1.165, 1.54) is 4.57 Å². The fraction of sp³-hybridized carbons (Fsp3) is 0.348. The maximum absolute atomic E-state index is 12.8. The van der Waals surface area contributed by atoms with E-state index in [4.69, 9.17) is 9.47 Å². The zero-order valence-corrected chi connectivity index (χ0v) is 17.8. The Labute approximate surface area is 178 Å². The lowest BCUT2D eigenvalue weighted by Gasteiger charge is -2.14. The number of aryl methyl sites for hydroxylation is 1. The summed E-state index contributed by atoms with van der Waals surface area (Å²) in [5.41, 5.74) is 2.02. The Kier molecular flexibility index (Phi) is 5.54. The lowest BCUT2D eigenvalue weighted by Crippen LogP contribution is -2.36. The zero-order chi connectivity index (χ0) is 22.1. The molecule has 2 aromatic carbocycles. The molecular weight excluding hydrogens is 398 g/mol. The molecule has 1 amide bonds. The molecule has 4 rings (SSSR count). The van der Waals surface area contributed by atoms with Gasteiger partial charge in [0.15, 0.2) is 0 Å². The van der Waals surface area contributed by atoms with Crippen molar-refractivity contribution in [2.45, 2.75) is 46.4 Å². The van der Waals surface area contributed by atoms with Crippen LogP contribution in [0.2, 0.25) is 0 Å². The summed E-state index contributed by atoms with van der Waals surface area (Å²) >= 11 is 0. The molecule has 3 aromatic rings. The van der Waals surface area contributed by atoms with Crippen molar-refractivity contribution in [1.29, 1.82) is 0 Å². The minimum absolute atomic E-state index is 0.120. The Hall–Kier alpha value is -3.55. The minimum Gasteiger partial charge on any atom is -0.494 e. The van der Waals surface area contributed by atoms with E-state index in [0.29, 0.717) is 29.7 Å². The van der Waals surface area contributed by atoms with Gasteiger partial charge in [0.2, 0.25) is 0 Å². The van der Waals surface area contributed by atoms with Crippen LogP contribution in [-0.4, -0.2) is 28.2 Å². The molecule has 0 radical (unpaired) electrons. The summed E-state index contributed by atoms with van der Waals surface area (Å²) in [5, 5.41) is 2.90. The van der Waals surface area contributed by atoms with E-state index >= 15 is 0 Å². The fourth-order valence-electron chi connectivity index (χ4n) is 3.92. The highest BCUT2D eigenvalue weighted by atomic mass is 16.5. The number of hydrogen-bond donors (Lipinski definition) is 2. The van der Waals surface area contributed by atoms with Gasteiger partial charge in [-0.05, 0) is 51.1 Å². The number of H-pyrrole nitrogens is 1. The first-order valence-corrected chi connectivity index (χ1v) is 10.4. The van der Waals surface area contributed by atoms with Crippen LogP contribution in [0.25, 0.3) is 11.0 Å². The minimum atomic E-state index is -0.708. The van der Waals surface area contributed by atoms with Crippen LogP contribution >= 0.6 is 0 Å². The molecule has 2 heterocycles. The third-order valence-corrected chi connectivity index (χ3v) is 5.37. The highest BCUT2D eigenvalue weighted by Gasteiger charge is 2.22. The van der Waals surface area contributed by atoms with Crippen molar-refractivity contribution < 1.29 is 14.3 Å². The van der Waals surface area contributed by atoms with E-state index < -0.39 is 11.1 Å². The number of nitrogens with one attached hydrogen (secondary N) is 2. The Morgan fingerprint density at radius 2 is 2.06 bits per heavy atom. The smallest absolute Gasteiger partial charge is 0.316 e. The molecular formula is C23H25N3O5. The van der Waals surface area contributed by atoms with Crippen LogP contribution in [0.15, 0.2) is 39.9 Å². The van der Waals surface area contributed by atoms with Crippen LogP contribution in [0.5, 0.6) is 11.5 Å². The summed E-state index contributed by atoms with van der Waals surface area (Å²) in [5.74, 6) is 1.25. The van der Waals surface area contributed by atoms with Crippen molar-refractivity contribution in [2.24, 2.45) is 0 Å². The number of aromatic nitrogens is 2. The van der Waals surface area contributed by atoms with E-state index in [2.05, 4.69) is 10.3 Å². The lowest BCUT2D eigenvalue weighted by atomic mass is 10.1. The van der Waals surface area contributed by atoms with Gasteiger partial charge in [0.25, 0.3) is 5.91 Å². The van der Waals surface area contributed by atoms with Gasteiger partial charge < -0.3 is 24.3 Å². The number of ether oxygens (including phenoxy) is 2. The molecule has 1 aromatic heterocycles. The Bertz CT molecular complexity index is 1270. The standard InChI is InChI=1S/C23H25N3O5/c1-4-26-18-7-6-14(9-17(18)25-22(28)23(26)29)21(27)24-12-16-11-20-15(8-13(3)31-20)10-19(16)30-5-2/h6-7,9-11,13H,4-5,8,12H2,1-3H3,(H,24,27)(H,25,28)/t13-/m0/s1. The van der Waals surface area contributed by atoms with Gasteiger partial charge in [-0.1, -0.05) is 0 Å². The third-order valence-electron chi connectivity index (χ3n) is 5.37.